The van der Waals surface area contributed by atoms with Gasteiger partial charge in [-0.2, -0.15) is 0 Å². The van der Waals surface area contributed by atoms with Gasteiger partial charge < -0.3 is 5.32 Å². The molecule has 1 heterocycles. The zero-order chi connectivity index (χ0) is 15.1. The number of rotatable bonds is 3. The Balaban J connectivity index is 2.03. The highest BCUT2D eigenvalue weighted by molar-refractivity contribution is 7.80. The second-order valence-electron chi connectivity index (χ2n) is 4.27. The minimum absolute atomic E-state index is 0.259. The number of hydrogen-bond donors (Lipinski definition) is 2. The highest BCUT2D eigenvalue weighted by Crippen LogP contribution is 2.18. The van der Waals surface area contributed by atoms with Crippen LogP contribution in [-0.4, -0.2) is 23.1 Å². The minimum Gasteiger partial charge on any atom is -0.365 e. The van der Waals surface area contributed by atoms with Crippen molar-refractivity contribution in [3.63, 3.8) is 0 Å². The fraction of sp³-hybridized carbons (Fsp3) is 0.0625. The molecule has 2 aromatic rings. The summed E-state index contributed by atoms with van der Waals surface area (Å²) >= 11 is 4.85. The van der Waals surface area contributed by atoms with Crippen LogP contribution in [0.1, 0.15) is 5.56 Å². The molecule has 106 valence electrons. The van der Waals surface area contributed by atoms with E-state index < -0.39 is 0 Å². The number of nitrogens with zero attached hydrogens (tertiary/aromatic N) is 1. The lowest BCUT2D eigenvalue weighted by Gasteiger charge is -2.02. The van der Waals surface area contributed by atoms with Crippen molar-refractivity contribution in [1.82, 2.24) is 15.6 Å². The first-order chi connectivity index (χ1) is 10.2. The van der Waals surface area contributed by atoms with Crippen molar-refractivity contribution in [2.24, 2.45) is 0 Å². The van der Waals surface area contributed by atoms with E-state index in [0.717, 1.165) is 16.7 Å². The Morgan fingerprint density at radius 1 is 1.19 bits per heavy atom. The average Bonchev–Trinajstić information content (AvgIpc) is 2.54. The Morgan fingerprint density at radius 2 is 1.95 bits per heavy atom. The molecule has 1 aromatic heterocycles. The van der Waals surface area contributed by atoms with Crippen molar-refractivity contribution in [1.29, 1.82) is 0 Å². The molecule has 0 saturated heterocycles. The predicted molar refractivity (Wildman–Crippen MR) is 88.5 cm³/mol. The number of nitrogens with one attached hydrogen (secondary N) is 2. The van der Waals surface area contributed by atoms with Crippen LogP contribution in [0.25, 0.3) is 17.2 Å². The molecule has 2 N–H and O–H groups in total. The minimum atomic E-state index is -0.259. The summed E-state index contributed by atoms with van der Waals surface area (Å²) in [4.78, 5) is 15.6. The normalized spacial score (nSPS) is 10.3. The van der Waals surface area contributed by atoms with E-state index in [9.17, 15) is 4.79 Å². The third-order valence-corrected chi connectivity index (χ3v) is 3.10. The molecule has 0 aliphatic heterocycles. The number of thiocarbonyl (C=S) groups is 1. The largest absolute Gasteiger partial charge is 0.365 e. The third kappa shape index (κ3) is 4.50. The maximum atomic E-state index is 11.5. The summed E-state index contributed by atoms with van der Waals surface area (Å²) in [6.07, 6.45) is 6.75. The standard InChI is InChI=1S/C16H15N3OS/c1-17-16(21)19-15(20)9-6-12-4-7-13(8-5-12)14-3-2-10-18-11-14/h2-11H,1H3,(H2,17,19,20,21)/b9-6+. The molecule has 1 aromatic carbocycles. The molecule has 0 atom stereocenters. The van der Waals surface area contributed by atoms with Crippen molar-refractivity contribution >= 4 is 29.3 Å². The lowest BCUT2D eigenvalue weighted by molar-refractivity contribution is -0.115. The van der Waals surface area contributed by atoms with Gasteiger partial charge in [-0.3, -0.25) is 15.1 Å². The van der Waals surface area contributed by atoms with Gasteiger partial charge in [0.05, 0.1) is 0 Å². The second kappa shape index (κ2) is 7.31. The van der Waals surface area contributed by atoms with Crippen molar-refractivity contribution in [2.45, 2.75) is 0 Å². The lowest BCUT2D eigenvalue weighted by atomic mass is 10.1. The van der Waals surface area contributed by atoms with Gasteiger partial charge in [-0.1, -0.05) is 30.3 Å². The third-order valence-electron chi connectivity index (χ3n) is 2.80. The number of pyridine rings is 1. The molecule has 0 fully saturated rings. The van der Waals surface area contributed by atoms with E-state index in [-0.39, 0.29) is 5.91 Å². The van der Waals surface area contributed by atoms with E-state index in [1.54, 1.807) is 19.3 Å². The van der Waals surface area contributed by atoms with Crippen LogP contribution in [0.2, 0.25) is 0 Å². The number of carbonyl (C=O) groups excluding carboxylic acids is 1. The molecule has 0 aliphatic carbocycles. The number of carbonyl (C=O) groups is 1. The summed E-state index contributed by atoms with van der Waals surface area (Å²) in [6.45, 7) is 0. The van der Waals surface area contributed by atoms with Gasteiger partial charge in [0.15, 0.2) is 5.11 Å². The second-order valence-corrected chi connectivity index (χ2v) is 4.67. The zero-order valence-corrected chi connectivity index (χ0v) is 12.4. The summed E-state index contributed by atoms with van der Waals surface area (Å²) in [5.74, 6) is -0.259. The van der Waals surface area contributed by atoms with Crippen LogP contribution in [0.4, 0.5) is 0 Å². The average molecular weight is 297 g/mol. The molecule has 0 spiro atoms. The van der Waals surface area contributed by atoms with Gasteiger partial charge in [0.1, 0.15) is 0 Å². The van der Waals surface area contributed by atoms with E-state index in [1.807, 2.05) is 42.6 Å². The smallest absolute Gasteiger partial charge is 0.250 e. The quantitative estimate of drug-likeness (QED) is 0.674. The molecular formula is C16H15N3OS. The number of aromatic nitrogens is 1. The fourth-order valence-corrected chi connectivity index (χ4v) is 1.81. The van der Waals surface area contributed by atoms with Gasteiger partial charge in [-0.05, 0) is 41.1 Å². The summed E-state index contributed by atoms with van der Waals surface area (Å²) in [7, 11) is 1.66. The van der Waals surface area contributed by atoms with Crippen LogP contribution >= 0.6 is 12.2 Å². The molecular weight excluding hydrogens is 282 g/mol. The molecule has 1 amide bonds. The Bertz CT molecular complexity index is 651. The summed E-state index contributed by atoms with van der Waals surface area (Å²) in [5.41, 5.74) is 3.08. The molecule has 4 nitrogen and oxygen atoms in total. The molecule has 5 heteroatoms. The van der Waals surface area contributed by atoms with Crippen molar-refractivity contribution in [3.8, 4) is 11.1 Å². The monoisotopic (exact) mass is 297 g/mol. The summed E-state index contributed by atoms with van der Waals surface area (Å²) in [5, 5.41) is 5.51. The first-order valence-electron chi connectivity index (χ1n) is 6.40. The Kier molecular flexibility index (Phi) is 5.17. The maximum Gasteiger partial charge on any atom is 0.250 e. The van der Waals surface area contributed by atoms with Crippen LogP contribution < -0.4 is 10.6 Å². The predicted octanol–water partition coefficient (Wildman–Crippen LogP) is 2.38. The molecule has 0 unspecified atom stereocenters. The Hall–Kier alpha value is -2.53. The Morgan fingerprint density at radius 3 is 2.57 bits per heavy atom. The van der Waals surface area contributed by atoms with Crippen LogP contribution in [0.3, 0.4) is 0 Å². The molecule has 0 radical (unpaired) electrons. The number of amides is 1. The maximum absolute atomic E-state index is 11.5. The first kappa shape index (κ1) is 14.9. The van der Waals surface area contributed by atoms with Gasteiger partial charge in [-0.15, -0.1) is 0 Å². The van der Waals surface area contributed by atoms with E-state index in [0.29, 0.717) is 5.11 Å². The summed E-state index contributed by atoms with van der Waals surface area (Å²) in [6, 6.07) is 11.8. The zero-order valence-electron chi connectivity index (χ0n) is 11.5. The van der Waals surface area contributed by atoms with Gasteiger partial charge >= 0.3 is 0 Å². The highest BCUT2D eigenvalue weighted by Gasteiger charge is 1.99. The highest BCUT2D eigenvalue weighted by atomic mass is 32.1. The van der Waals surface area contributed by atoms with Crippen molar-refractivity contribution < 1.29 is 4.79 Å². The summed E-state index contributed by atoms with van der Waals surface area (Å²) < 4.78 is 0. The van der Waals surface area contributed by atoms with E-state index in [4.69, 9.17) is 12.2 Å². The van der Waals surface area contributed by atoms with Gasteiger partial charge in [0, 0.05) is 25.5 Å². The first-order valence-corrected chi connectivity index (χ1v) is 6.81. The number of benzene rings is 1. The van der Waals surface area contributed by atoms with Crippen LogP contribution in [0, 0.1) is 0 Å². The molecule has 21 heavy (non-hydrogen) atoms. The molecule has 0 saturated carbocycles. The lowest BCUT2D eigenvalue weighted by Crippen LogP contribution is -2.36. The fourth-order valence-electron chi connectivity index (χ4n) is 1.71. The van der Waals surface area contributed by atoms with Crippen LogP contribution in [0.5, 0.6) is 0 Å². The molecule has 0 aliphatic rings. The van der Waals surface area contributed by atoms with E-state index in [2.05, 4.69) is 15.6 Å². The molecule has 2 rings (SSSR count). The van der Waals surface area contributed by atoms with Crippen molar-refractivity contribution in [2.75, 3.05) is 7.05 Å². The van der Waals surface area contributed by atoms with Gasteiger partial charge in [-0.25, -0.2) is 0 Å². The molecule has 0 bridgehead atoms. The topological polar surface area (TPSA) is 54.0 Å². The van der Waals surface area contributed by atoms with E-state index >= 15 is 0 Å². The number of hydrogen-bond acceptors (Lipinski definition) is 3. The van der Waals surface area contributed by atoms with Crippen molar-refractivity contribution in [3.05, 3.63) is 60.4 Å². The van der Waals surface area contributed by atoms with Gasteiger partial charge in [0.25, 0.3) is 0 Å². The van der Waals surface area contributed by atoms with E-state index in [1.165, 1.54) is 6.08 Å². The van der Waals surface area contributed by atoms with Crippen LogP contribution in [-0.2, 0) is 4.79 Å². The van der Waals surface area contributed by atoms with Crippen LogP contribution in [0.15, 0.2) is 54.9 Å². The SMILES string of the molecule is CNC(=S)NC(=O)/C=C/c1ccc(-c2cccnc2)cc1. The van der Waals surface area contributed by atoms with Gasteiger partial charge in [0.2, 0.25) is 5.91 Å². The Labute approximate surface area is 128 Å².